The van der Waals surface area contributed by atoms with E-state index in [0.29, 0.717) is 5.56 Å². The SMILES string of the molecule is CC(N)c1cccc(S(=O)(=O)Nc2c(F)cccc2F)c1. The van der Waals surface area contributed by atoms with Crippen molar-refractivity contribution < 1.29 is 17.2 Å². The van der Waals surface area contributed by atoms with Crippen LogP contribution in [-0.2, 0) is 10.0 Å². The largest absolute Gasteiger partial charge is 0.324 e. The van der Waals surface area contributed by atoms with Gasteiger partial charge < -0.3 is 5.73 Å². The summed E-state index contributed by atoms with van der Waals surface area (Å²) in [4.78, 5) is -0.111. The van der Waals surface area contributed by atoms with E-state index in [1.165, 1.54) is 18.2 Å². The molecule has 0 aromatic heterocycles. The molecule has 2 aromatic carbocycles. The summed E-state index contributed by atoms with van der Waals surface area (Å²) in [5, 5.41) is 0. The number of para-hydroxylation sites is 1. The van der Waals surface area contributed by atoms with E-state index in [-0.39, 0.29) is 10.9 Å². The summed E-state index contributed by atoms with van der Waals surface area (Å²) in [5.41, 5.74) is 5.59. The lowest BCUT2D eigenvalue weighted by molar-refractivity contribution is 0.583. The first-order valence-corrected chi connectivity index (χ1v) is 7.62. The molecule has 1 unspecified atom stereocenters. The number of sulfonamides is 1. The minimum Gasteiger partial charge on any atom is -0.324 e. The van der Waals surface area contributed by atoms with Crippen LogP contribution in [0.25, 0.3) is 0 Å². The molecule has 0 heterocycles. The van der Waals surface area contributed by atoms with Crippen LogP contribution in [0.3, 0.4) is 0 Å². The molecular weight excluding hydrogens is 298 g/mol. The minimum atomic E-state index is -4.10. The fourth-order valence-corrected chi connectivity index (χ4v) is 2.88. The summed E-state index contributed by atoms with van der Waals surface area (Å²) in [6.45, 7) is 1.70. The third-order valence-corrected chi connectivity index (χ3v) is 4.24. The number of halogens is 2. The first kappa shape index (κ1) is 15.4. The number of benzene rings is 2. The first-order valence-electron chi connectivity index (χ1n) is 6.13. The monoisotopic (exact) mass is 312 g/mol. The van der Waals surface area contributed by atoms with E-state index in [4.69, 9.17) is 5.73 Å². The zero-order valence-electron chi connectivity index (χ0n) is 11.2. The molecule has 0 saturated carbocycles. The van der Waals surface area contributed by atoms with Gasteiger partial charge >= 0.3 is 0 Å². The van der Waals surface area contributed by atoms with Gasteiger partial charge in [-0.05, 0) is 36.8 Å². The van der Waals surface area contributed by atoms with Gasteiger partial charge in [-0.15, -0.1) is 0 Å². The number of anilines is 1. The third-order valence-electron chi connectivity index (χ3n) is 2.89. The number of hydrogen-bond donors (Lipinski definition) is 2. The second kappa shape index (κ2) is 5.79. The fourth-order valence-electron chi connectivity index (χ4n) is 1.75. The molecule has 0 fully saturated rings. The lowest BCUT2D eigenvalue weighted by Gasteiger charge is -2.12. The van der Waals surface area contributed by atoms with Crippen molar-refractivity contribution in [2.24, 2.45) is 5.73 Å². The third kappa shape index (κ3) is 3.37. The molecule has 3 N–H and O–H groups in total. The van der Waals surface area contributed by atoms with Crippen molar-refractivity contribution in [3.63, 3.8) is 0 Å². The highest BCUT2D eigenvalue weighted by Gasteiger charge is 2.19. The summed E-state index contributed by atoms with van der Waals surface area (Å²) in [6, 6.07) is 8.62. The molecule has 112 valence electrons. The maximum atomic E-state index is 13.5. The molecule has 7 heteroatoms. The molecule has 0 aliphatic rings. The Bertz CT molecular complexity index is 741. The standard InChI is InChI=1S/C14H14F2N2O2S/c1-9(17)10-4-2-5-11(8-10)21(19,20)18-14-12(15)6-3-7-13(14)16/h2-9,18H,17H2,1H3. The van der Waals surface area contributed by atoms with Crippen LogP contribution in [-0.4, -0.2) is 8.42 Å². The zero-order chi connectivity index (χ0) is 15.6. The molecule has 4 nitrogen and oxygen atoms in total. The highest BCUT2D eigenvalue weighted by atomic mass is 32.2. The molecule has 1 atom stereocenters. The van der Waals surface area contributed by atoms with Gasteiger partial charge in [0.15, 0.2) is 0 Å². The van der Waals surface area contributed by atoms with Gasteiger partial charge in [0, 0.05) is 6.04 Å². The highest BCUT2D eigenvalue weighted by Crippen LogP contribution is 2.23. The van der Waals surface area contributed by atoms with Crippen molar-refractivity contribution in [3.8, 4) is 0 Å². The van der Waals surface area contributed by atoms with Crippen molar-refractivity contribution in [2.45, 2.75) is 17.9 Å². The molecule has 21 heavy (non-hydrogen) atoms. The van der Waals surface area contributed by atoms with Gasteiger partial charge in [0.25, 0.3) is 10.0 Å². The first-order chi connectivity index (χ1) is 9.81. The highest BCUT2D eigenvalue weighted by molar-refractivity contribution is 7.92. The second-order valence-electron chi connectivity index (χ2n) is 4.56. The number of nitrogens with two attached hydrogens (primary N) is 1. The summed E-state index contributed by atoms with van der Waals surface area (Å²) in [7, 11) is -4.10. The molecular formula is C14H14F2N2O2S. The molecule has 2 rings (SSSR count). The number of rotatable bonds is 4. The Hall–Kier alpha value is -1.99. The summed E-state index contributed by atoms with van der Waals surface area (Å²) in [5.74, 6) is -1.97. The van der Waals surface area contributed by atoms with Crippen LogP contribution in [0.2, 0.25) is 0 Å². The normalized spacial score (nSPS) is 13.0. The topological polar surface area (TPSA) is 72.2 Å². The van der Waals surface area contributed by atoms with E-state index in [0.717, 1.165) is 18.2 Å². The van der Waals surface area contributed by atoms with Crippen molar-refractivity contribution >= 4 is 15.7 Å². The quantitative estimate of drug-likeness (QED) is 0.912. The van der Waals surface area contributed by atoms with Crippen molar-refractivity contribution in [2.75, 3.05) is 4.72 Å². The molecule has 0 spiro atoms. The van der Waals surface area contributed by atoms with Crippen molar-refractivity contribution in [3.05, 3.63) is 59.7 Å². The Morgan fingerprint density at radius 1 is 1.10 bits per heavy atom. The Kier molecular flexibility index (Phi) is 4.24. The lowest BCUT2D eigenvalue weighted by Crippen LogP contribution is -2.16. The Morgan fingerprint density at radius 3 is 2.24 bits per heavy atom. The molecule has 0 aliphatic heterocycles. The van der Waals surface area contributed by atoms with Crippen LogP contribution in [0.15, 0.2) is 47.4 Å². The molecule has 0 amide bonds. The zero-order valence-corrected chi connectivity index (χ0v) is 12.0. The van der Waals surface area contributed by atoms with Gasteiger partial charge in [-0.3, -0.25) is 4.72 Å². The van der Waals surface area contributed by atoms with E-state index >= 15 is 0 Å². The maximum Gasteiger partial charge on any atom is 0.262 e. The van der Waals surface area contributed by atoms with Gasteiger partial charge in [0.1, 0.15) is 17.3 Å². The molecule has 0 radical (unpaired) electrons. The van der Waals surface area contributed by atoms with Crippen LogP contribution in [0.5, 0.6) is 0 Å². The summed E-state index contributed by atoms with van der Waals surface area (Å²) >= 11 is 0. The van der Waals surface area contributed by atoms with Crippen LogP contribution in [0.1, 0.15) is 18.5 Å². The van der Waals surface area contributed by atoms with Crippen LogP contribution in [0, 0.1) is 11.6 Å². The number of hydrogen-bond acceptors (Lipinski definition) is 3. The van der Waals surface area contributed by atoms with Gasteiger partial charge in [0.2, 0.25) is 0 Å². The van der Waals surface area contributed by atoms with Crippen molar-refractivity contribution in [1.29, 1.82) is 0 Å². The Labute approximate surface area is 121 Å². The number of nitrogens with one attached hydrogen (secondary N) is 1. The fraction of sp³-hybridized carbons (Fsp3) is 0.143. The molecule has 2 aromatic rings. The van der Waals surface area contributed by atoms with Gasteiger partial charge in [-0.1, -0.05) is 18.2 Å². The predicted octanol–water partition coefficient (Wildman–Crippen LogP) is 2.79. The molecule has 0 aliphatic carbocycles. The second-order valence-corrected chi connectivity index (χ2v) is 6.25. The van der Waals surface area contributed by atoms with Gasteiger partial charge in [0.05, 0.1) is 4.90 Å². The van der Waals surface area contributed by atoms with Gasteiger partial charge in [-0.2, -0.15) is 0 Å². The minimum absolute atomic E-state index is 0.111. The average Bonchev–Trinajstić information content (AvgIpc) is 2.43. The average molecular weight is 312 g/mol. The van der Waals surface area contributed by atoms with E-state index in [9.17, 15) is 17.2 Å². The molecule has 0 saturated heterocycles. The Balaban J connectivity index is 2.41. The smallest absolute Gasteiger partial charge is 0.262 e. The van der Waals surface area contributed by atoms with Crippen LogP contribution in [0.4, 0.5) is 14.5 Å². The van der Waals surface area contributed by atoms with Crippen molar-refractivity contribution in [1.82, 2.24) is 0 Å². The Morgan fingerprint density at radius 2 is 1.67 bits per heavy atom. The molecule has 0 bridgehead atoms. The van der Waals surface area contributed by atoms with E-state index in [2.05, 4.69) is 0 Å². The maximum absolute atomic E-state index is 13.5. The lowest BCUT2D eigenvalue weighted by atomic mass is 10.1. The predicted molar refractivity (Wildman–Crippen MR) is 76.2 cm³/mol. The van der Waals surface area contributed by atoms with Crippen LogP contribution >= 0.6 is 0 Å². The van der Waals surface area contributed by atoms with E-state index < -0.39 is 27.3 Å². The van der Waals surface area contributed by atoms with E-state index in [1.807, 2.05) is 4.72 Å². The van der Waals surface area contributed by atoms with Gasteiger partial charge in [-0.25, -0.2) is 17.2 Å². The van der Waals surface area contributed by atoms with E-state index in [1.54, 1.807) is 13.0 Å². The summed E-state index contributed by atoms with van der Waals surface area (Å²) in [6.07, 6.45) is 0. The van der Waals surface area contributed by atoms with Crippen LogP contribution < -0.4 is 10.5 Å². The summed E-state index contributed by atoms with van der Waals surface area (Å²) < 4.78 is 53.3.